The van der Waals surface area contributed by atoms with Crippen LogP contribution in [0.15, 0.2) is 0 Å². The second-order valence-corrected chi connectivity index (χ2v) is 5.44. The van der Waals surface area contributed by atoms with Crippen LogP contribution in [-0.4, -0.2) is 60.6 Å². The summed E-state index contributed by atoms with van der Waals surface area (Å²) >= 11 is 0. The van der Waals surface area contributed by atoms with E-state index in [1.54, 1.807) is 13.8 Å². The van der Waals surface area contributed by atoms with E-state index in [1.807, 2.05) is 0 Å². The Hall–Kier alpha value is -0.610. The minimum Gasteiger partial charge on any atom is -0.481 e. The van der Waals surface area contributed by atoms with Crippen LogP contribution in [0.2, 0.25) is 0 Å². The van der Waals surface area contributed by atoms with E-state index in [0.717, 1.165) is 45.6 Å². The van der Waals surface area contributed by atoms with Crippen LogP contribution in [0.4, 0.5) is 0 Å². The van der Waals surface area contributed by atoms with E-state index < -0.39 is 11.4 Å². The van der Waals surface area contributed by atoms with Gasteiger partial charge >= 0.3 is 5.97 Å². The third-order valence-corrected chi connectivity index (χ3v) is 3.45. The van der Waals surface area contributed by atoms with Crippen molar-refractivity contribution in [2.75, 3.05) is 39.8 Å². The first-order chi connectivity index (χ1) is 7.42. The first-order valence-electron chi connectivity index (χ1n) is 6.06. The molecule has 4 heteroatoms. The summed E-state index contributed by atoms with van der Waals surface area (Å²) < 4.78 is 0. The molecule has 1 aliphatic heterocycles. The van der Waals surface area contributed by atoms with Crippen LogP contribution in [-0.2, 0) is 4.79 Å². The van der Waals surface area contributed by atoms with Gasteiger partial charge in [0, 0.05) is 26.2 Å². The standard InChI is InChI=1S/C12H24N2O2/c1-12(2,11(15)16)5-4-6-14-9-7-13(3)8-10-14/h4-10H2,1-3H3,(H,15,16). The number of hydrogen-bond acceptors (Lipinski definition) is 3. The van der Waals surface area contributed by atoms with Gasteiger partial charge in [-0.15, -0.1) is 0 Å². The van der Waals surface area contributed by atoms with Crippen molar-refractivity contribution >= 4 is 5.97 Å². The van der Waals surface area contributed by atoms with E-state index in [4.69, 9.17) is 5.11 Å². The normalized spacial score (nSPS) is 19.9. The molecule has 0 spiro atoms. The summed E-state index contributed by atoms with van der Waals surface area (Å²) in [5, 5.41) is 8.99. The quantitative estimate of drug-likeness (QED) is 0.766. The van der Waals surface area contributed by atoms with Crippen LogP contribution in [0, 0.1) is 5.41 Å². The van der Waals surface area contributed by atoms with Crippen molar-refractivity contribution in [3.63, 3.8) is 0 Å². The van der Waals surface area contributed by atoms with Crippen molar-refractivity contribution in [3.05, 3.63) is 0 Å². The summed E-state index contributed by atoms with van der Waals surface area (Å²) in [4.78, 5) is 15.7. The second-order valence-electron chi connectivity index (χ2n) is 5.44. The predicted molar refractivity (Wildman–Crippen MR) is 64.6 cm³/mol. The van der Waals surface area contributed by atoms with E-state index in [2.05, 4.69) is 16.8 Å². The molecule has 1 fully saturated rings. The predicted octanol–water partition coefficient (Wildman–Crippen LogP) is 1.12. The molecule has 4 nitrogen and oxygen atoms in total. The summed E-state index contributed by atoms with van der Waals surface area (Å²) in [7, 11) is 2.14. The molecule has 1 heterocycles. The Bertz CT molecular complexity index is 233. The number of carboxylic acids is 1. The highest BCUT2D eigenvalue weighted by atomic mass is 16.4. The van der Waals surface area contributed by atoms with Gasteiger partial charge in [0.1, 0.15) is 0 Å². The number of rotatable bonds is 5. The fraction of sp³-hybridized carbons (Fsp3) is 0.917. The Kier molecular flexibility index (Phi) is 4.74. The lowest BCUT2D eigenvalue weighted by molar-refractivity contribution is -0.147. The number of aliphatic carboxylic acids is 1. The van der Waals surface area contributed by atoms with Crippen LogP contribution in [0.5, 0.6) is 0 Å². The highest BCUT2D eigenvalue weighted by molar-refractivity contribution is 5.73. The molecule has 16 heavy (non-hydrogen) atoms. The molecule has 0 aromatic rings. The summed E-state index contributed by atoms with van der Waals surface area (Å²) in [5.41, 5.74) is -0.577. The fourth-order valence-corrected chi connectivity index (χ4v) is 1.92. The minimum atomic E-state index is -0.689. The molecule has 0 radical (unpaired) electrons. The van der Waals surface area contributed by atoms with E-state index in [1.165, 1.54) is 0 Å². The largest absolute Gasteiger partial charge is 0.481 e. The zero-order valence-corrected chi connectivity index (χ0v) is 10.7. The fourth-order valence-electron chi connectivity index (χ4n) is 1.92. The second kappa shape index (κ2) is 5.64. The maximum atomic E-state index is 10.9. The van der Waals surface area contributed by atoms with Crippen LogP contribution in [0.25, 0.3) is 0 Å². The zero-order valence-electron chi connectivity index (χ0n) is 10.7. The van der Waals surface area contributed by atoms with Crippen molar-refractivity contribution in [1.29, 1.82) is 0 Å². The zero-order chi connectivity index (χ0) is 12.2. The van der Waals surface area contributed by atoms with E-state index in [9.17, 15) is 4.79 Å². The average Bonchev–Trinajstić information content (AvgIpc) is 2.20. The molecule has 0 aromatic carbocycles. The molecule has 0 bridgehead atoms. The number of carboxylic acid groups (broad SMARTS) is 1. The van der Waals surface area contributed by atoms with Gasteiger partial charge < -0.3 is 14.9 Å². The van der Waals surface area contributed by atoms with E-state index >= 15 is 0 Å². The summed E-state index contributed by atoms with van der Waals surface area (Å²) in [6.45, 7) is 9.13. The SMILES string of the molecule is CN1CCN(CCCC(C)(C)C(=O)O)CC1. The van der Waals surface area contributed by atoms with Crippen LogP contribution in [0.1, 0.15) is 26.7 Å². The minimum absolute atomic E-state index is 0.577. The summed E-state index contributed by atoms with van der Waals surface area (Å²) in [6, 6.07) is 0. The molecule has 1 rings (SSSR count). The van der Waals surface area contributed by atoms with Gasteiger partial charge in [0.05, 0.1) is 5.41 Å². The smallest absolute Gasteiger partial charge is 0.309 e. The molecule has 0 amide bonds. The number of hydrogen-bond donors (Lipinski definition) is 1. The molecule has 0 atom stereocenters. The van der Waals surface area contributed by atoms with Gasteiger partial charge in [-0.2, -0.15) is 0 Å². The molecule has 1 saturated heterocycles. The van der Waals surface area contributed by atoms with E-state index in [-0.39, 0.29) is 0 Å². The maximum absolute atomic E-state index is 10.9. The topological polar surface area (TPSA) is 43.8 Å². The highest BCUT2D eigenvalue weighted by Crippen LogP contribution is 2.22. The van der Waals surface area contributed by atoms with Gasteiger partial charge in [0.15, 0.2) is 0 Å². The van der Waals surface area contributed by atoms with Crippen LogP contribution >= 0.6 is 0 Å². The number of nitrogens with zero attached hydrogens (tertiary/aromatic N) is 2. The molecular weight excluding hydrogens is 204 g/mol. The average molecular weight is 228 g/mol. The van der Waals surface area contributed by atoms with Gasteiger partial charge in [-0.25, -0.2) is 0 Å². The molecular formula is C12H24N2O2. The third-order valence-electron chi connectivity index (χ3n) is 3.45. The van der Waals surface area contributed by atoms with Crippen molar-refractivity contribution in [3.8, 4) is 0 Å². The molecule has 0 unspecified atom stereocenters. The van der Waals surface area contributed by atoms with Gasteiger partial charge in [-0.3, -0.25) is 4.79 Å². The first kappa shape index (κ1) is 13.5. The number of carbonyl (C=O) groups is 1. The molecule has 94 valence electrons. The van der Waals surface area contributed by atoms with Crippen LogP contribution in [0.3, 0.4) is 0 Å². The number of piperazine rings is 1. The van der Waals surface area contributed by atoms with E-state index in [0.29, 0.717) is 0 Å². The number of likely N-dealkylation sites (N-methyl/N-ethyl adjacent to an activating group) is 1. The maximum Gasteiger partial charge on any atom is 0.309 e. The van der Waals surface area contributed by atoms with Crippen molar-refractivity contribution in [2.24, 2.45) is 5.41 Å². The Balaban J connectivity index is 2.18. The van der Waals surface area contributed by atoms with Crippen molar-refractivity contribution < 1.29 is 9.90 Å². The molecule has 0 aromatic heterocycles. The van der Waals surface area contributed by atoms with Gasteiger partial charge in [-0.05, 0) is 40.3 Å². The lowest BCUT2D eigenvalue weighted by Crippen LogP contribution is -2.44. The monoisotopic (exact) mass is 228 g/mol. The van der Waals surface area contributed by atoms with Crippen LogP contribution < -0.4 is 0 Å². The summed E-state index contributed by atoms with van der Waals surface area (Å²) in [5.74, 6) is -0.689. The lowest BCUT2D eigenvalue weighted by Gasteiger charge is -2.32. The molecule has 1 N–H and O–H groups in total. The third kappa shape index (κ3) is 4.10. The lowest BCUT2D eigenvalue weighted by atomic mass is 9.88. The molecule has 0 aliphatic carbocycles. The summed E-state index contributed by atoms with van der Waals surface area (Å²) in [6.07, 6.45) is 1.73. The highest BCUT2D eigenvalue weighted by Gasteiger charge is 2.26. The van der Waals surface area contributed by atoms with Crippen molar-refractivity contribution in [1.82, 2.24) is 9.80 Å². The molecule has 0 saturated carbocycles. The Morgan fingerprint density at radius 1 is 1.25 bits per heavy atom. The van der Waals surface area contributed by atoms with Gasteiger partial charge in [-0.1, -0.05) is 0 Å². The van der Waals surface area contributed by atoms with Crippen molar-refractivity contribution in [2.45, 2.75) is 26.7 Å². The molecule has 1 aliphatic rings. The Morgan fingerprint density at radius 3 is 2.31 bits per heavy atom. The van der Waals surface area contributed by atoms with Gasteiger partial charge in [0.2, 0.25) is 0 Å². The Morgan fingerprint density at radius 2 is 1.81 bits per heavy atom. The van der Waals surface area contributed by atoms with Gasteiger partial charge in [0.25, 0.3) is 0 Å². The first-order valence-corrected chi connectivity index (χ1v) is 6.06. The Labute approximate surface area is 98.2 Å².